The summed E-state index contributed by atoms with van der Waals surface area (Å²) in [5.41, 5.74) is 2.14. The summed E-state index contributed by atoms with van der Waals surface area (Å²) < 4.78 is 1.23. The zero-order valence-corrected chi connectivity index (χ0v) is 18.2. The summed E-state index contributed by atoms with van der Waals surface area (Å²) in [6.07, 6.45) is 3.22. The zero-order chi connectivity index (χ0) is 19.8. The molecule has 0 aliphatic carbocycles. The molecule has 150 valence electrons. The van der Waals surface area contributed by atoms with Crippen molar-refractivity contribution in [3.05, 3.63) is 53.5 Å². The van der Waals surface area contributed by atoms with E-state index in [-0.39, 0.29) is 11.9 Å². The monoisotopic (exact) mass is 423 g/mol. The molecule has 29 heavy (non-hydrogen) atoms. The Morgan fingerprint density at radius 1 is 1.10 bits per heavy atom. The standard InChI is InChI=1S/C23H25N3OS2/c1-16-12-14-26(18-8-3-5-11-21(18)28-16)22(27)15-25-13-6-9-19(25)23-24-17-7-2-4-10-20(17)29-23/h2-5,7-8,10-11,16,19H,6,9,12-15H2,1H3/t16-,19-/m1/s1. The SMILES string of the molecule is C[C@@H]1CCN(C(=O)CN2CCC[C@@H]2c2nc3ccccc3s2)c2ccccc2S1. The topological polar surface area (TPSA) is 36.4 Å². The van der Waals surface area contributed by atoms with Crippen LogP contribution in [-0.2, 0) is 4.79 Å². The van der Waals surface area contributed by atoms with Gasteiger partial charge in [-0.3, -0.25) is 9.69 Å². The van der Waals surface area contributed by atoms with Crippen LogP contribution in [0, 0.1) is 0 Å². The van der Waals surface area contributed by atoms with Gasteiger partial charge in [-0.2, -0.15) is 0 Å². The Morgan fingerprint density at radius 2 is 1.93 bits per heavy atom. The molecule has 0 N–H and O–H groups in total. The lowest BCUT2D eigenvalue weighted by Crippen LogP contribution is -2.41. The first kappa shape index (κ1) is 19.1. The lowest BCUT2D eigenvalue weighted by molar-refractivity contribution is -0.120. The van der Waals surface area contributed by atoms with Crippen molar-refractivity contribution in [1.82, 2.24) is 9.88 Å². The molecule has 6 heteroatoms. The van der Waals surface area contributed by atoms with E-state index in [1.54, 1.807) is 11.3 Å². The van der Waals surface area contributed by atoms with Crippen LogP contribution in [0.4, 0.5) is 5.69 Å². The Balaban J connectivity index is 1.37. The van der Waals surface area contributed by atoms with Gasteiger partial charge in [0.05, 0.1) is 28.5 Å². The molecule has 1 fully saturated rings. The Bertz CT molecular complexity index is 1000. The van der Waals surface area contributed by atoms with Gasteiger partial charge >= 0.3 is 0 Å². The zero-order valence-electron chi connectivity index (χ0n) is 16.6. The molecule has 2 aromatic carbocycles. The van der Waals surface area contributed by atoms with Crippen LogP contribution in [0.25, 0.3) is 10.2 Å². The molecular weight excluding hydrogens is 398 g/mol. The molecule has 5 rings (SSSR count). The number of hydrogen-bond acceptors (Lipinski definition) is 5. The molecular formula is C23H25N3OS2. The molecule has 1 amide bonds. The van der Waals surface area contributed by atoms with Gasteiger partial charge in [0, 0.05) is 16.7 Å². The maximum absolute atomic E-state index is 13.4. The molecule has 3 aromatic rings. The predicted molar refractivity (Wildman–Crippen MR) is 122 cm³/mol. The van der Waals surface area contributed by atoms with Crippen molar-refractivity contribution in [3.63, 3.8) is 0 Å². The molecule has 0 saturated carbocycles. The highest BCUT2D eigenvalue weighted by molar-refractivity contribution is 8.00. The number of anilines is 1. The minimum atomic E-state index is 0.208. The summed E-state index contributed by atoms with van der Waals surface area (Å²) in [4.78, 5) is 23.8. The summed E-state index contributed by atoms with van der Waals surface area (Å²) >= 11 is 3.65. The number of thioether (sulfide) groups is 1. The summed E-state index contributed by atoms with van der Waals surface area (Å²) in [6.45, 7) is 4.48. The highest BCUT2D eigenvalue weighted by atomic mass is 32.2. The molecule has 0 spiro atoms. The molecule has 4 nitrogen and oxygen atoms in total. The second-order valence-corrected chi connectivity index (χ2v) is 10.4. The fourth-order valence-electron chi connectivity index (χ4n) is 4.33. The Kier molecular flexibility index (Phi) is 5.33. The van der Waals surface area contributed by atoms with E-state index in [0.29, 0.717) is 11.8 Å². The smallest absolute Gasteiger partial charge is 0.241 e. The second kappa shape index (κ2) is 8.09. The number of thiazole rings is 1. The van der Waals surface area contributed by atoms with E-state index in [1.807, 2.05) is 28.8 Å². The molecule has 2 atom stereocenters. The molecule has 1 saturated heterocycles. The fraction of sp³-hybridized carbons (Fsp3) is 0.391. The summed E-state index contributed by atoms with van der Waals surface area (Å²) in [5.74, 6) is 0.208. The predicted octanol–water partition coefficient (Wildman–Crippen LogP) is 5.35. The summed E-state index contributed by atoms with van der Waals surface area (Å²) in [5, 5.41) is 1.67. The number of carbonyl (C=O) groups is 1. The van der Waals surface area contributed by atoms with Crippen LogP contribution in [0.2, 0.25) is 0 Å². The first-order chi connectivity index (χ1) is 14.2. The molecule has 0 radical (unpaired) electrons. The number of hydrogen-bond donors (Lipinski definition) is 0. The van der Waals surface area contributed by atoms with Gasteiger partial charge in [0.15, 0.2) is 0 Å². The largest absolute Gasteiger partial charge is 0.310 e. The minimum absolute atomic E-state index is 0.208. The van der Waals surface area contributed by atoms with E-state index < -0.39 is 0 Å². The second-order valence-electron chi connectivity index (χ2n) is 7.88. The minimum Gasteiger partial charge on any atom is -0.310 e. The van der Waals surface area contributed by atoms with E-state index in [2.05, 4.69) is 48.2 Å². The highest BCUT2D eigenvalue weighted by Crippen LogP contribution is 2.39. The number of para-hydroxylation sites is 2. The molecule has 0 bridgehead atoms. The first-order valence-electron chi connectivity index (χ1n) is 10.3. The van der Waals surface area contributed by atoms with E-state index in [9.17, 15) is 4.79 Å². The van der Waals surface area contributed by atoms with Gasteiger partial charge in [-0.25, -0.2) is 4.98 Å². The van der Waals surface area contributed by atoms with Crippen molar-refractivity contribution in [2.45, 2.75) is 42.4 Å². The Morgan fingerprint density at radius 3 is 2.83 bits per heavy atom. The van der Waals surface area contributed by atoms with E-state index >= 15 is 0 Å². The van der Waals surface area contributed by atoms with Crippen molar-refractivity contribution in [1.29, 1.82) is 0 Å². The lowest BCUT2D eigenvalue weighted by atomic mass is 10.2. The van der Waals surface area contributed by atoms with Crippen molar-refractivity contribution >= 4 is 44.9 Å². The maximum Gasteiger partial charge on any atom is 0.241 e. The number of benzene rings is 2. The number of aromatic nitrogens is 1. The summed E-state index contributed by atoms with van der Waals surface area (Å²) in [6, 6.07) is 16.9. The fourth-order valence-corrected chi connectivity index (χ4v) is 6.58. The average molecular weight is 424 g/mol. The maximum atomic E-state index is 13.4. The number of nitrogens with zero attached hydrogens (tertiary/aromatic N) is 3. The van der Waals surface area contributed by atoms with Crippen LogP contribution < -0.4 is 4.90 Å². The van der Waals surface area contributed by atoms with Crippen LogP contribution in [0.3, 0.4) is 0 Å². The van der Waals surface area contributed by atoms with Crippen LogP contribution in [0.5, 0.6) is 0 Å². The molecule has 0 unspecified atom stereocenters. The van der Waals surface area contributed by atoms with Crippen LogP contribution >= 0.6 is 23.1 Å². The summed E-state index contributed by atoms with van der Waals surface area (Å²) in [7, 11) is 0. The van der Waals surface area contributed by atoms with Gasteiger partial charge in [-0.15, -0.1) is 23.1 Å². The number of rotatable bonds is 3. The Labute approximate surface area is 179 Å². The van der Waals surface area contributed by atoms with Crippen molar-refractivity contribution in [2.75, 3.05) is 24.5 Å². The van der Waals surface area contributed by atoms with E-state index in [1.165, 1.54) is 9.60 Å². The van der Waals surface area contributed by atoms with Gasteiger partial charge in [0.2, 0.25) is 5.91 Å². The van der Waals surface area contributed by atoms with Gasteiger partial charge < -0.3 is 4.90 Å². The number of amides is 1. The van der Waals surface area contributed by atoms with Gasteiger partial charge in [-0.05, 0) is 50.1 Å². The van der Waals surface area contributed by atoms with Crippen molar-refractivity contribution < 1.29 is 4.79 Å². The first-order valence-corrected chi connectivity index (χ1v) is 12.0. The number of fused-ring (bicyclic) bond motifs is 2. The molecule has 2 aliphatic rings. The highest BCUT2D eigenvalue weighted by Gasteiger charge is 2.32. The third-order valence-corrected chi connectivity index (χ3v) is 8.22. The van der Waals surface area contributed by atoms with E-state index in [4.69, 9.17) is 4.98 Å². The molecule has 3 heterocycles. The van der Waals surface area contributed by atoms with E-state index in [0.717, 1.165) is 48.6 Å². The van der Waals surface area contributed by atoms with Crippen LogP contribution in [-0.4, -0.2) is 40.7 Å². The van der Waals surface area contributed by atoms with Gasteiger partial charge in [0.25, 0.3) is 0 Å². The van der Waals surface area contributed by atoms with Crippen molar-refractivity contribution in [2.24, 2.45) is 0 Å². The third kappa shape index (κ3) is 3.81. The van der Waals surface area contributed by atoms with Gasteiger partial charge in [0.1, 0.15) is 5.01 Å². The lowest BCUT2D eigenvalue weighted by Gasteiger charge is -2.27. The quantitative estimate of drug-likeness (QED) is 0.569. The molecule has 2 aliphatic heterocycles. The third-order valence-electron chi connectivity index (χ3n) is 5.84. The number of likely N-dealkylation sites (tertiary alicyclic amines) is 1. The van der Waals surface area contributed by atoms with Gasteiger partial charge in [-0.1, -0.05) is 31.2 Å². The number of carbonyl (C=O) groups excluding carboxylic acids is 1. The Hall–Kier alpha value is -1.89. The normalized spacial score (nSPS) is 22.6. The molecule has 1 aromatic heterocycles. The van der Waals surface area contributed by atoms with Crippen LogP contribution in [0.15, 0.2) is 53.4 Å². The average Bonchev–Trinajstić information content (AvgIpc) is 3.31. The van der Waals surface area contributed by atoms with Crippen LogP contribution in [0.1, 0.15) is 37.2 Å². The van der Waals surface area contributed by atoms with Crippen molar-refractivity contribution in [3.8, 4) is 0 Å².